The Kier molecular flexibility index (Phi) is 8.88. The second kappa shape index (κ2) is 12.5. The second-order valence-electron chi connectivity index (χ2n) is 9.58. The first-order valence-electron chi connectivity index (χ1n) is 12.7. The van der Waals surface area contributed by atoms with Crippen molar-refractivity contribution in [2.24, 2.45) is 0 Å². The first-order chi connectivity index (χ1) is 18.7. The molecule has 1 saturated heterocycles. The highest BCUT2D eigenvalue weighted by molar-refractivity contribution is 5.97. The molecular formula is C29H31FN4O5. The average molecular weight is 535 g/mol. The Morgan fingerprint density at radius 1 is 1.08 bits per heavy atom. The third-order valence-corrected chi connectivity index (χ3v) is 6.82. The van der Waals surface area contributed by atoms with Gasteiger partial charge in [0.1, 0.15) is 18.0 Å². The maximum atomic E-state index is 14.5. The molecule has 1 aliphatic rings. The molecule has 39 heavy (non-hydrogen) atoms. The standard InChI is InChI=1S/C29H31FN4O5/c1-18-22(10-5-11-25(18)35)27(37)33-23(13-19-7-3-2-4-8-19)26(36)29(39)34-17-21(30)14-24(34)28(38)32-16-20-9-6-12-31-15-20/h2-12,15,21,23-24,26,35-36H,13-14,16-17H2,1H3,(H,32,38)(H,33,37)/t21-,23-,24-,26-/m0/s1. The van der Waals surface area contributed by atoms with Crippen molar-refractivity contribution in [1.82, 2.24) is 20.5 Å². The van der Waals surface area contributed by atoms with Gasteiger partial charge in [0.2, 0.25) is 5.91 Å². The number of hydrogen-bond acceptors (Lipinski definition) is 6. The quantitative estimate of drug-likeness (QED) is 0.332. The van der Waals surface area contributed by atoms with Gasteiger partial charge in [-0.1, -0.05) is 42.5 Å². The number of nitrogens with one attached hydrogen (secondary N) is 2. The molecule has 0 radical (unpaired) electrons. The number of aromatic nitrogens is 1. The summed E-state index contributed by atoms with van der Waals surface area (Å²) in [5, 5.41) is 26.6. The molecule has 9 nitrogen and oxygen atoms in total. The number of carbonyl (C=O) groups is 3. The van der Waals surface area contributed by atoms with Gasteiger partial charge in [-0.15, -0.1) is 0 Å². The fourth-order valence-electron chi connectivity index (χ4n) is 4.65. The molecule has 0 saturated carbocycles. The average Bonchev–Trinajstić information content (AvgIpc) is 3.34. The summed E-state index contributed by atoms with van der Waals surface area (Å²) >= 11 is 0. The van der Waals surface area contributed by atoms with Gasteiger partial charge < -0.3 is 25.7 Å². The summed E-state index contributed by atoms with van der Waals surface area (Å²) in [5.41, 5.74) is 2.02. The summed E-state index contributed by atoms with van der Waals surface area (Å²) in [6.07, 6.45) is -0.106. The van der Waals surface area contributed by atoms with Crippen molar-refractivity contribution in [1.29, 1.82) is 0 Å². The Balaban J connectivity index is 1.52. The summed E-state index contributed by atoms with van der Waals surface area (Å²) < 4.78 is 14.5. The zero-order valence-corrected chi connectivity index (χ0v) is 21.5. The maximum absolute atomic E-state index is 14.5. The molecule has 0 spiro atoms. The van der Waals surface area contributed by atoms with Crippen LogP contribution in [0.5, 0.6) is 5.75 Å². The van der Waals surface area contributed by atoms with Gasteiger partial charge in [-0.05, 0) is 42.7 Å². The summed E-state index contributed by atoms with van der Waals surface area (Å²) in [6, 6.07) is 14.8. The highest BCUT2D eigenvalue weighted by Crippen LogP contribution is 2.24. The Morgan fingerprint density at radius 2 is 1.82 bits per heavy atom. The summed E-state index contributed by atoms with van der Waals surface area (Å²) in [6.45, 7) is 1.39. The van der Waals surface area contributed by atoms with E-state index < -0.39 is 42.1 Å². The fourth-order valence-corrected chi connectivity index (χ4v) is 4.65. The zero-order chi connectivity index (χ0) is 27.9. The molecule has 3 amide bonds. The molecule has 1 aromatic heterocycles. The normalized spacial score (nSPS) is 18.3. The van der Waals surface area contributed by atoms with E-state index >= 15 is 0 Å². The van der Waals surface area contributed by atoms with Gasteiger partial charge in [-0.2, -0.15) is 0 Å². The SMILES string of the molecule is Cc1c(O)cccc1C(=O)N[C@@H](Cc1ccccc1)[C@H](O)C(=O)N1C[C@@H](F)C[C@H]1C(=O)NCc1cccnc1. The van der Waals surface area contributed by atoms with E-state index in [0.29, 0.717) is 5.56 Å². The number of rotatable bonds is 9. The molecule has 0 bridgehead atoms. The van der Waals surface area contributed by atoms with Crippen molar-refractivity contribution in [2.75, 3.05) is 6.54 Å². The van der Waals surface area contributed by atoms with Crippen LogP contribution < -0.4 is 10.6 Å². The monoisotopic (exact) mass is 534 g/mol. The van der Waals surface area contributed by atoms with Crippen LogP contribution in [0.3, 0.4) is 0 Å². The summed E-state index contributed by atoms with van der Waals surface area (Å²) in [4.78, 5) is 44.6. The van der Waals surface area contributed by atoms with Crippen LogP contribution in [0.25, 0.3) is 0 Å². The van der Waals surface area contributed by atoms with Crippen LogP contribution in [0.15, 0.2) is 73.1 Å². The molecule has 3 aromatic rings. The van der Waals surface area contributed by atoms with Crippen molar-refractivity contribution >= 4 is 17.7 Å². The number of hydrogen-bond donors (Lipinski definition) is 4. The largest absolute Gasteiger partial charge is 0.508 e. The number of benzene rings is 2. The van der Waals surface area contributed by atoms with E-state index in [0.717, 1.165) is 16.0 Å². The van der Waals surface area contributed by atoms with Gasteiger partial charge >= 0.3 is 0 Å². The number of nitrogens with zero attached hydrogens (tertiary/aromatic N) is 2. The number of alkyl halides is 1. The maximum Gasteiger partial charge on any atom is 0.254 e. The van der Waals surface area contributed by atoms with Crippen molar-refractivity contribution in [2.45, 2.75) is 50.7 Å². The Labute approximate surface area is 225 Å². The fraction of sp³-hybridized carbons (Fsp3) is 0.310. The molecule has 0 unspecified atom stereocenters. The number of pyridine rings is 1. The lowest BCUT2D eigenvalue weighted by atomic mass is 9.98. The van der Waals surface area contributed by atoms with Gasteiger partial charge in [0.05, 0.1) is 12.6 Å². The molecule has 1 aliphatic heterocycles. The Morgan fingerprint density at radius 3 is 2.54 bits per heavy atom. The van der Waals surface area contributed by atoms with E-state index in [1.165, 1.54) is 18.2 Å². The van der Waals surface area contributed by atoms with Crippen molar-refractivity contribution in [3.63, 3.8) is 0 Å². The number of likely N-dealkylation sites (tertiary alicyclic amines) is 1. The molecule has 0 aliphatic carbocycles. The van der Waals surface area contributed by atoms with E-state index in [4.69, 9.17) is 0 Å². The van der Waals surface area contributed by atoms with Gasteiger partial charge in [0.15, 0.2) is 6.10 Å². The number of aromatic hydroxyl groups is 1. The minimum atomic E-state index is -1.76. The van der Waals surface area contributed by atoms with Gasteiger partial charge in [0.25, 0.3) is 11.8 Å². The molecule has 4 rings (SSSR count). The third kappa shape index (κ3) is 6.77. The molecule has 1 fully saturated rings. The number of aliphatic hydroxyl groups is 1. The van der Waals surface area contributed by atoms with Crippen molar-refractivity contribution in [3.8, 4) is 5.75 Å². The highest BCUT2D eigenvalue weighted by atomic mass is 19.1. The van der Waals surface area contributed by atoms with E-state index in [1.807, 2.05) is 6.07 Å². The van der Waals surface area contributed by atoms with E-state index in [2.05, 4.69) is 15.6 Å². The van der Waals surface area contributed by atoms with E-state index in [9.17, 15) is 29.0 Å². The number of amides is 3. The molecule has 4 atom stereocenters. The van der Waals surface area contributed by atoms with Crippen LogP contribution in [0.2, 0.25) is 0 Å². The Bertz CT molecular complexity index is 1310. The number of phenolic OH excluding ortho intramolecular Hbond substituents is 1. The van der Waals surface area contributed by atoms with Crippen molar-refractivity contribution < 1.29 is 29.0 Å². The summed E-state index contributed by atoms with van der Waals surface area (Å²) in [5.74, 6) is -2.05. The first-order valence-corrected chi connectivity index (χ1v) is 12.7. The van der Waals surface area contributed by atoms with Crippen LogP contribution in [-0.2, 0) is 22.6 Å². The van der Waals surface area contributed by atoms with Gasteiger partial charge in [-0.25, -0.2) is 4.39 Å². The van der Waals surface area contributed by atoms with E-state index in [1.54, 1.807) is 55.7 Å². The molecule has 2 heterocycles. The number of aliphatic hydroxyl groups excluding tert-OH is 1. The van der Waals surface area contributed by atoms with E-state index in [-0.39, 0.29) is 37.2 Å². The molecular weight excluding hydrogens is 503 g/mol. The molecule has 2 aromatic carbocycles. The van der Waals surface area contributed by atoms with Crippen LogP contribution >= 0.6 is 0 Å². The predicted molar refractivity (Wildman–Crippen MR) is 141 cm³/mol. The van der Waals surface area contributed by atoms with Crippen LogP contribution in [0, 0.1) is 6.92 Å². The molecule has 4 N–H and O–H groups in total. The summed E-state index contributed by atoms with van der Waals surface area (Å²) in [7, 11) is 0. The van der Waals surface area contributed by atoms with Crippen LogP contribution in [-0.4, -0.2) is 68.7 Å². The lowest BCUT2D eigenvalue weighted by Gasteiger charge is -2.30. The topological polar surface area (TPSA) is 132 Å². The lowest BCUT2D eigenvalue weighted by molar-refractivity contribution is -0.146. The predicted octanol–water partition coefficient (Wildman–Crippen LogP) is 2.05. The highest BCUT2D eigenvalue weighted by Gasteiger charge is 2.43. The third-order valence-electron chi connectivity index (χ3n) is 6.82. The Hall–Kier alpha value is -4.31. The second-order valence-corrected chi connectivity index (χ2v) is 9.58. The molecule has 10 heteroatoms. The van der Waals surface area contributed by atoms with Crippen LogP contribution in [0.1, 0.15) is 33.5 Å². The zero-order valence-electron chi connectivity index (χ0n) is 21.5. The van der Waals surface area contributed by atoms with Gasteiger partial charge in [-0.3, -0.25) is 19.4 Å². The number of carbonyl (C=O) groups excluding carboxylic acids is 3. The first kappa shape index (κ1) is 27.7. The number of halogens is 1. The smallest absolute Gasteiger partial charge is 0.254 e. The van der Waals surface area contributed by atoms with Crippen LogP contribution in [0.4, 0.5) is 4.39 Å². The van der Waals surface area contributed by atoms with Crippen molar-refractivity contribution in [3.05, 3.63) is 95.3 Å². The number of phenols is 1. The minimum absolute atomic E-state index is 0.0647. The lowest BCUT2D eigenvalue weighted by Crippen LogP contribution is -2.55. The minimum Gasteiger partial charge on any atom is -0.508 e. The molecule has 204 valence electrons. The van der Waals surface area contributed by atoms with Gasteiger partial charge in [0, 0.05) is 36.5 Å².